The van der Waals surface area contributed by atoms with Crippen molar-refractivity contribution in [3.8, 4) is 0 Å². The van der Waals surface area contributed by atoms with E-state index in [0.29, 0.717) is 0 Å². The average molecular weight is 224 g/mol. The van der Waals surface area contributed by atoms with Gasteiger partial charge in [-0.15, -0.1) is 0 Å². The molecule has 1 heterocycles. The number of nitrogens with zero attached hydrogens (tertiary/aromatic N) is 3. The van der Waals surface area contributed by atoms with Gasteiger partial charge >= 0.3 is 0 Å². The minimum absolute atomic E-state index is 0.203. The molecule has 1 rings (SSSR count). The van der Waals surface area contributed by atoms with Gasteiger partial charge in [-0.1, -0.05) is 0 Å². The fourth-order valence-corrected chi connectivity index (χ4v) is 1.39. The summed E-state index contributed by atoms with van der Waals surface area (Å²) >= 11 is 0. The van der Waals surface area contributed by atoms with E-state index >= 15 is 0 Å². The van der Waals surface area contributed by atoms with Crippen LogP contribution in [0.3, 0.4) is 0 Å². The Morgan fingerprint density at radius 2 is 2.12 bits per heavy atom. The van der Waals surface area contributed by atoms with E-state index in [1.54, 1.807) is 0 Å². The molecule has 0 atom stereocenters. The number of nitrogens with one attached hydrogen (secondary N) is 1. The second-order valence-electron chi connectivity index (χ2n) is 5.16. The Balaban J connectivity index is 2.22. The molecule has 0 aliphatic rings. The van der Waals surface area contributed by atoms with Crippen molar-refractivity contribution >= 4 is 0 Å². The molecule has 92 valence electrons. The maximum Gasteiger partial charge on any atom is 0.0522 e. The second kappa shape index (κ2) is 5.46. The van der Waals surface area contributed by atoms with Crippen LogP contribution < -0.4 is 5.32 Å². The summed E-state index contributed by atoms with van der Waals surface area (Å²) in [5.41, 5.74) is 1.49. The van der Waals surface area contributed by atoms with Crippen molar-refractivity contribution in [3.05, 3.63) is 18.0 Å². The predicted octanol–water partition coefficient (Wildman–Crippen LogP) is 0.892. The summed E-state index contributed by atoms with van der Waals surface area (Å²) in [6.45, 7) is 6.48. The molecule has 0 saturated heterocycles. The molecule has 1 N–H and O–H groups in total. The molecule has 0 bridgehead atoms. The Hall–Kier alpha value is -0.870. The molecule has 4 heteroatoms. The quantitative estimate of drug-likeness (QED) is 0.729. The highest BCUT2D eigenvalue weighted by molar-refractivity contribution is 5.03. The van der Waals surface area contributed by atoms with Crippen molar-refractivity contribution in [3.63, 3.8) is 0 Å². The van der Waals surface area contributed by atoms with Crippen molar-refractivity contribution in [1.82, 2.24) is 20.0 Å². The molecular weight excluding hydrogens is 200 g/mol. The van der Waals surface area contributed by atoms with Crippen LogP contribution in [-0.2, 0) is 13.5 Å². The van der Waals surface area contributed by atoms with Crippen LogP contribution in [0.4, 0.5) is 0 Å². The molecular formula is C12H24N4. The van der Waals surface area contributed by atoms with Crippen LogP contribution >= 0.6 is 0 Å². The molecule has 0 amide bonds. The first-order chi connectivity index (χ1) is 7.42. The van der Waals surface area contributed by atoms with Gasteiger partial charge in [0.05, 0.1) is 6.20 Å². The van der Waals surface area contributed by atoms with E-state index in [0.717, 1.165) is 19.5 Å². The number of rotatable bonds is 6. The topological polar surface area (TPSA) is 33.1 Å². The highest BCUT2D eigenvalue weighted by Crippen LogP contribution is 2.07. The highest BCUT2D eigenvalue weighted by atomic mass is 15.2. The Bertz CT molecular complexity index is 315. The summed E-state index contributed by atoms with van der Waals surface area (Å²) in [5, 5.41) is 7.64. The molecule has 4 nitrogen and oxygen atoms in total. The zero-order valence-corrected chi connectivity index (χ0v) is 11.1. The fourth-order valence-electron chi connectivity index (χ4n) is 1.39. The Labute approximate surface area is 98.6 Å². The van der Waals surface area contributed by atoms with Gasteiger partial charge in [0.15, 0.2) is 0 Å². The third-order valence-electron chi connectivity index (χ3n) is 3.12. The van der Waals surface area contributed by atoms with Crippen LogP contribution in [0.25, 0.3) is 0 Å². The molecule has 0 saturated carbocycles. The van der Waals surface area contributed by atoms with Gasteiger partial charge in [-0.2, -0.15) is 5.10 Å². The summed E-state index contributed by atoms with van der Waals surface area (Å²) in [4.78, 5) is 2.24. The van der Waals surface area contributed by atoms with Gasteiger partial charge in [0, 0.05) is 25.3 Å². The molecule has 16 heavy (non-hydrogen) atoms. The highest BCUT2D eigenvalue weighted by Gasteiger charge is 2.19. The van der Waals surface area contributed by atoms with E-state index in [1.807, 2.05) is 17.9 Å². The van der Waals surface area contributed by atoms with Crippen molar-refractivity contribution in [1.29, 1.82) is 0 Å². The minimum atomic E-state index is 0.203. The van der Waals surface area contributed by atoms with Gasteiger partial charge < -0.3 is 10.2 Å². The van der Waals surface area contributed by atoms with E-state index in [-0.39, 0.29) is 5.54 Å². The number of hydrogen-bond acceptors (Lipinski definition) is 3. The van der Waals surface area contributed by atoms with E-state index < -0.39 is 0 Å². The number of aryl methyl sites for hydroxylation is 1. The summed E-state index contributed by atoms with van der Waals surface area (Å²) < 4.78 is 1.85. The standard InChI is InChI=1S/C12H24N4/c1-12(2,15(3)4)10-13-7-6-11-8-14-16(5)9-11/h8-9,13H,6-7,10H2,1-5H3. The zero-order valence-electron chi connectivity index (χ0n) is 11.1. The zero-order chi connectivity index (χ0) is 12.2. The normalized spacial score (nSPS) is 12.4. The Morgan fingerprint density at radius 1 is 1.44 bits per heavy atom. The van der Waals surface area contributed by atoms with Crippen LogP contribution in [0.15, 0.2) is 12.4 Å². The smallest absolute Gasteiger partial charge is 0.0522 e. The number of likely N-dealkylation sites (N-methyl/N-ethyl adjacent to an activating group) is 1. The summed E-state index contributed by atoms with van der Waals surface area (Å²) in [6.07, 6.45) is 5.04. The van der Waals surface area contributed by atoms with Gasteiger partial charge in [-0.05, 0) is 46.5 Å². The second-order valence-corrected chi connectivity index (χ2v) is 5.16. The lowest BCUT2D eigenvalue weighted by molar-refractivity contribution is 0.190. The lowest BCUT2D eigenvalue weighted by Gasteiger charge is -2.32. The molecule has 1 aromatic heterocycles. The van der Waals surface area contributed by atoms with Gasteiger partial charge in [-0.25, -0.2) is 0 Å². The lowest BCUT2D eigenvalue weighted by Crippen LogP contribution is -2.47. The molecule has 0 aromatic carbocycles. The van der Waals surface area contributed by atoms with Gasteiger partial charge in [0.2, 0.25) is 0 Å². The van der Waals surface area contributed by atoms with E-state index in [9.17, 15) is 0 Å². The first kappa shape index (κ1) is 13.2. The van der Waals surface area contributed by atoms with E-state index in [4.69, 9.17) is 0 Å². The minimum Gasteiger partial charge on any atom is -0.315 e. The van der Waals surface area contributed by atoms with Crippen molar-refractivity contribution in [2.75, 3.05) is 27.2 Å². The van der Waals surface area contributed by atoms with Crippen LogP contribution in [-0.4, -0.2) is 47.4 Å². The third kappa shape index (κ3) is 3.94. The number of aromatic nitrogens is 2. The Morgan fingerprint density at radius 3 is 2.62 bits per heavy atom. The molecule has 0 spiro atoms. The van der Waals surface area contributed by atoms with Crippen molar-refractivity contribution < 1.29 is 0 Å². The first-order valence-corrected chi connectivity index (χ1v) is 5.77. The average Bonchev–Trinajstić information content (AvgIpc) is 2.59. The van der Waals surface area contributed by atoms with Gasteiger partial charge in [0.1, 0.15) is 0 Å². The summed E-state index contributed by atoms with van der Waals surface area (Å²) in [6, 6.07) is 0. The first-order valence-electron chi connectivity index (χ1n) is 5.77. The van der Waals surface area contributed by atoms with Crippen LogP contribution in [0, 0.1) is 0 Å². The SMILES string of the molecule is CN(C)C(C)(C)CNCCc1cnn(C)c1. The summed E-state index contributed by atoms with van der Waals surface area (Å²) in [7, 11) is 6.18. The van der Waals surface area contributed by atoms with Gasteiger partial charge in [0.25, 0.3) is 0 Å². The van der Waals surface area contributed by atoms with Crippen molar-refractivity contribution in [2.24, 2.45) is 7.05 Å². The predicted molar refractivity (Wildman–Crippen MR) is 67.5 cm³/mol. The monoisotopic (exact) mass is 224 g/mol. The molecule has 0 aliphatic carbocycles. The summed E-state index contributed by atoms with van der Waals surface area (Å²) in [5.74, 6) is 0. The maximum absolute atomic E-state index is 4.15. The number of hydrogen-bond donors (Lipinski definition) is 1. The maximum atomic E-state index is 4.15. The molecule has 0 radical (unpaired) electrons. The van der Waals surface area contributed by atoms with Crippen LogP contribution in [0.1, 0.15) is 19.4 Å². The fraction of sp³-hybridized carbons (Fsp3) is 0.750. The molecule has 0 unspecified atom stereocenters. The van der Waals surface area contributed by atoms with E-state index in [1.165, 1.54) is 5.56 Å². The Kier molecular flexibility index (Phi) is 4.50. The van der Waals surface area contributed by atoms with Crippen molar-refractivity contribution in [2.45, 2.75) is 25.8 Å². The van der Waals surface area contributed by atoms with Crippen LogP contribution in [0.2, 0.25) is 0 Å². The van der Waals surface area contributed by atoms with Crippen LogP contribution in [0.5, 0.6) is 0 Å². The largest absolute Gasteiger partial charge is 0.315 e. The van der Waals surface area contributed by atoms with Gasteiger partial charge in [-0.3, -0.25) is 4.68 Å². The molecule has 1 aromatic rings. The molecule has 0 fully saturated rings. The third-order valence-corrected chi connectivity index (χ3v) is 3.12. The lowest BCUT2D eigenvalue weighted by atomic mass is 10.0. The molecule has 0 aliphatic heterocycles. The van der Waals surface area contributed by atoms with E-state index in [2.05, 4.69) is 49.5 Å².